The molecule has 1 atom stereocenters. The molecular formula is C30H43N5O3. The molecule has 3 heterocycles. The van der Waals surface area contributed by atoms with Gasteiger partial charge in [-0.1, -0.05) is 18.2 Å². The van der Waals surface area contributed by atoms with Crippen LogP contribution in [-0.4, -0.2) is 56.8 Å². The Morgan fingerprint density at radius 2 is 2.05 bits per heavy atom. The molecule has 0 spiro atoms. The highest BCUT2D eigenvalue weighted by Gasteiger charge is 2.38. The van der Waals surface area contributed by atoms with Gasteiger partial charge in [0.2, 0.25) is 0 Å². The van der Waals surface area contributed by atoms with Gasteiger partial charge in [-0.05, 0) is 89.1 Å². The third kappa shape index (κ3) is 6.13. The number of hydrogen-bond donors (Lipinski definition) is 2. The van der Waals surface area contributed by atoms with Crippen LogP contribution in [0.2, 0.25) is 0 Å². The lowest BCUT2D eigenvalue weighted by molar-refractivity contribution is -0.148. The van der Waals surface area contributed by atoms with Crippen molar-refractivity contribution in [1.29, 1.82) is 0 Å². The lowest BCUT2D eigenvalue weighted by Crippen LogP contribution is -2.40. The Labute approximate surface area is 227 Å². The monoisotopic (exact) mass is 521 g/mol. The molecule has 2 aliphatic heterocycles. The molecule has 206 valence electrons. The maximum absolute atomic E-state index is 12.4. The number of carboxylic acids is 1. The zero-order valence-electron chi connectivity index (χ0n) is 23.9. The van der Waals surface area contributed by atoms with Crippen molar-refractivity contribution in [2.24, 2.45) is 5.41 Å². The van der Waals surface area contributed by atoms with Gasteiger partial charge in [0.25, 0.3) is 0 Å². The summed E-state index contributed by atoms with van der Waals surface area (Å²) in [5.74, 6) is -0.0791. The summed E-state index contributed by atoms with van der Waals surface area (Å²) in [6.07, 6.45) is 5.43. The normalized spacial score (nSPS) is 18.7. The maximum Gasteiger partial charge on any atom is 0.309 e. The Kier molecular flexibility index (Phi) is 8.04. The fourth-order valence-corrected chi connectivity index (χ4v) is 5.59. The molecule has 0 bridgehead atoms. The van der Waals surface area contributed by atoms with Crippen LogP contribution >= 0.6 is 0 Å². The Morgan fingerprint density at radius 3 is 2.74 bits per heavy atom. The molecule has 0 radical (unpaired) electrons. The molecule has 4 rings (SSSR count). The van der Waals surface area contributed by atoms with E-state index in [4.69, 9.17) is 4.74 Å². The SMILES string of the molecule is CCN1C=C(CCC(c2ccc(C)c(CN3Cc4ncccc4OC(C)(C)C3)c2)C(C)(C)C(=O)O)NN1C. The summed E-state index contributed by atoms with van der Waals surface area (Å²) in [6.45, 7) is 15.2. The Morgan fingerprint density at radius 1 is 1.29 bits per heavy atom. The van der Waals surface area contributed by atoms with Crippen molar-refractivity contribution < 1.29 is 14.6 Å². The van der Waals surface area contributed by atoms with Crippen LogP contribution in [-0.2, 0) is 17.9 Å². The summed E-state index contributed by atoms with van der Waals surface area (Å²) in [4.78, 5) is 19.4. The topological polar surface area (TPSA) is 81.2 Å². The van der Waals surface area contributed by atoms with Crippen LogP contribution in [0.15, 0.2) is 48.4 Å². The van der Waals surface area contributed by atoms with E-state index in [9.17, 15) is 9.90 Å². The van der Waals surface area contributed by atoms with E-state index >= 15 is 0 Å². The van der Waals surface area contributed by atoms with Gasteiger partial charge >= 0.3 is 5.97 Å². The van der Waals surface area contributed by atoms with E-state index in [2.05, 4.69) is 72.4 Å². The predicted octanol–water partition coefficient (Wildman–Crippen LogP) is 5.07. The highest BCUT2D eigenvalue weighted by atomic mass is 16.5. The first-order valence-electron chi connectivity index (χ1n) is 13.6. The van der Waals surface area contributed by atoms with E-state index in [1.807, 2.05) is 44.3 Å². The number of hydrogen-bond acceptors (Lipinski definition) is 7. The molecular weight excluding hydrogens is 478 g/mol. The van der Waals surface area contributed by atoms with Gasteiger partial charge in [-0.25, -0.2) is 0 Å². The van der Waals surface area contributed by atoms with Crippen molar-refractivity contribution >= 4 is 5.97 Å². The molecule has 8 heteroatoms. The van der Waals surface area contributed by atoms with E-state index in [0.717, 1.165) is 55.2 Å². The number of rotatable bonds is 9. The fourth-order valence-electron chi connectivity index (χ4n) is 5.59. The third-order valence-corrected chi connectivity index (χ3v) is 7.83. The smallest absolute Gasteiger partial charge is 0.309 e. The quantitative estimate of drug-likeness (QED) is 0.474. The standard InChI is InChI=1S/C30H43N5O3/c1-8-35-18-24(32-33(35)7)13-14-25(30(5,6)28(36)37)22-12-11-21(2)23(16-22)17-34-19-26-27(10-9-15-31-26)38-29(3,4)20-34/h9-12,15-16,18,25,32H,8,13-14,17,19-20H2,1-7H3,(H,36,37). The van der Waals surface area contributed by atoms with Crippen LogP contribution < -0.4 is 10.2 Å². The molecule has 0 saturated heterocycles. The second kappa shape index (κ2) is 10.9. The van der Waals surface area contributed by atoms with Gasteiger partial charge in [0.15, 0.2) is 0 Å². The number of benzene rings is 1. The van der Waals surface area contributed by atoms with E-state index in [1.165, 1.54) is 11.1 Å². The zero-order valence-corrected chi connectivity index (χ0v) is 23.9. The molecule has 1 unspecified atom stereocenters. The first kappa shape index (κ1) is 27.9. The number of nitrogens with zero attached hydrogens (tertiary/aromatic N) is 4. The van der Waals surface area contributed by atoms with Crippen molar-refractivity contribution in [3.8, 4) is 5.75 Å². The molecule has 8 nitrogen and oxygen atoms in total. The predicted molar refractivity (Wildman–Crippen MR) is 149 cm³/mol. The number of hydrazine groups is 2. The Hall–Kier alpha value is -3.10. The molecule has 0 saturated carbocycles. The van der Waals surface area contributed by atoms with Crippen molar-refractivity contribution in [3.63, 3.8) is 0 Å². The average molecular weight is 522 g/mol. The number of aryl methyl sites for hydroxylation is 1. The fraction of sp³-hybridized carbons (Fsp3) is 0.533. The Bertz CT molecular complexity index is 1190. The second-order valence-electron chi connectivity index (χ2n) is 11.8. The van der Waals surface area contributed by atoms with Gasteiger partial charge < -0.3 is 15.3 Å². The van der Waals surface area contributed by atoms with E-state index in [-0.39, 0.29) is 11.5 Å². The van der Waals surface area contributed by atoms with Crippen molar-refractivity contribution in [2.75, 3.05) is 20.1 Å². The molecule has 2 N–H and O–H groups in total. The van der Waals surface area contributed by atoms with Gasteiger partial charge in [0, 0.05) is 51.3 Å². The number of carboxylic acid groups (broad SMARTS) is 1. The number of fused-ring (bicyclic) bond motifs is 1. The van der Waals surface area contributed by atoms with Gasteiger partial charge in [-0.2, -0.15) is 0 Å². The van der Waals surface area contributed by atoms with Gasteiger partial charge in [0.1, 0.15) is 11.4 Å². The first-order valence-corrected chi connectivity index (χ1v) is 13.6. The summed E-state index contributed by atoms with van der Waals surface area (Å²) in [5, 5.41) is 14.3. The van der Waals surface area contributed by atoms with Crippen molar-refractivity contribution in [3.05, 3.63) is 70.8 Å². The lowest BCUT2D eigenvalue weighted by Gasteiger charge is -2.32. The summed E-state index contributed by atoms with van der Waals surface area (Å²) in [6, 6.07) is 10.4. The van der Waals surface area contributed by atoms with Crippen LogP contribution in [0.5, 0.6) is 5.75 Å². The molecule has 38 heavy (non-hydrogen) atoms. The highest BCUT2D eigenvalue weighted by Crippen LogP contribution is 2.41. The zero-order chi connectivity index (χ0) is 27.7. The first-order chi connectivity index (χ1) is 17.9. The summed E-state index contributed by atoms with van der Waals surface area (Å²) in [7, 11) is 1.99. The maximum atomic E-state index is 12.4. The van der Waals surface area contributed by atoms with Crippen molar-refractivity contribution in [1.82, 2.24) is 25.4 Å². The summed E-state index contributed by atoms with van der Waals surface area (Å²) < 4.78 is 6.29. The second-order valence-corrected chi connectivity index (χ2v) is 11.8. The number of aliphatic carboxylic acids is 1. The van der Waals surface area contributed by atoms with Crippen LogP contribution in [0, 0.1) is 12.3 Å². The molecule has 1 aromatic carbocycles. The lowest BCUT2D eigenvalue weighted by atomic mass is 9.72. The molecule has 0 amide bonds. The third-order valence-electron chi connectivity index (χ3n) is 7.83. The van der Waals surface area contributed by atoms with Gasteiger partial charge in [-0.15, -0.1) is 5.12 Å². The molecule has 1 aromatic heterocycles. The largest absolute Gasteiger partial charge is 0.485 e. The van der Waals surface area contributed by atoms with E-state index in [0.29, 0.717) is 6.54 Å². The van der Waals surface area contributed by atoms with Gasteiger partial charge in [-0.3, -0.25) is 19.7 Å². The van der Waals surface area contributed by atoms with E-state index < -0.39 is 11.4 Å². The molecule has 0 aliphatic carbocycles. The van der Waals surface area contributed by atoms with Crippen LogP contribution in [0.25, 0.3) is 0 Å². The van der Waals surface area contributed by atoms with Crippen LogP contribution in [0.4, 0.5) is 0 Å². The summed E-state index contributed by atoms with van der Waals surface area (Å²) in [5.41, 5.74) is 7.65. The van der Waals surface area contributed by atoms with Crippen molar-refractivity contribution in [2.45, 2.75) is 79.0 Å². The number of nitrogens with one attached hydrogen (secondary N) is 1. The number of carbonyl (C=O) groups is 1. The van der Waals surface area contributed by atoms with Crippen LogP contribution in [0.3, 0.4) is 0 Å². The molecule has 0 fully saturated rings. The number of pyridine rings is 1. The number of ether oxygens (including phenoxy) is 1. The van der Waals surface area contributed by atoms with E-state index in [1.54, 1.807) is 0 Å². The van der Waals surface area contributed by atoms with Gasteiger partial charge in [0.05, 0.1) is 11.1 Å². The minimum absolute atomic E-state index is 0.144. The number of aromatic nitrogens is 1. The molecule has 2 aliphatic rings. The average Bonchev–Trinajstić information content (AvgIpc) is 3.14. The molecule has 2 aromatic rings. The highest BCUT2D eigenvalue weighted by molar-refractivity contribution is 5.75. The Balaban J connectivity index is 1.60. The number of allylic oxidation sites excluding steroid dienone is 1. The minimum atomic E-state index is -0.913. The van der Waals surface area contributed by atoms with Crippen LogP contribution in [0.1, 0.15) is 75.8 Å². The minimum Gasteiger partial charge on any atom is -0.485 e. The summed E-state index contributed by atoms with van der Waals surface area (Å²) >= 11 is 0.